The Balaban J connectivity index is 1.20. The molecule has 3 heterocycles. The number of aromatic nitrogens is 1. The van der Waals surface area contributed by atoms with Crippen molar-refractivity contribution in [1.82, 2.24) is 14.8 Å². The van der Waals surface area contributed by atoms with Gasteiger partial charge in [0.2, 0.25) is 11.8 Å². The lowest BCUT2D eigenvalue weighted by Gasteiger charge is -2.34. The lowest BCUT2D eigenvalue weighted by Crippen LogP contribution is -2.51. The molecule has 156 valence electrons. The van der Waals surface area contributed by atoms with E-state index in [2.05, 4.69) is 17.1 Å². The highest BCUT2D eigenvalue weighted by atomic mass is 32.1. The van der Waals surface area contributed by atoms with Crippen LogP contribution in [0, 0.1) is 0 Å². The number of hydrogen-bond acceptors (Lipinski definition) is 5. The van der Waals surface area contributed by atoms with Gasteiger partial charge in [-0.2, -0.15) is 0 Å². The van der Waals surface area contributed by atoms with Gasteiger partial charge in [0.25, 0.3) is 0 Å². The number of nitrogens with zero attached hydrogens (tertiary/aromatic N) is 3. The van der Waals surface area contributed by atoms with Crippen molar-refractivity contribution >= 4 is 34.5 Å². The van der Waals surface area contributed by atoms with Crippen molar-refractivity contribution in [2.75, 3.05) is 26.2 Å². The molecule has 0 spiro atoms. The highest BCUT2D eigenvalue weighted by Gasteiger charge is 2.24. The van der Waals surface area contributed by atoms with Gasteiger partial charge in [-0.25, -0.2) is 4.98 Å². The van der Waals surface area contributed by atoms with Gasteiger partial charge in [0.1, 0.15) is 5.01 Å². The first kappa shape index (κ1) is 20.8. The number of piperazine rings is 1. The summed E-state index contributed by atoms with van der Waals surface area (Å²) in [6.07, 6.45) is 2.67. The summed E-state index contributed by atoms with van der Waals surface area (Å²) in [5.74, 6) is 0.285. The van der Waals surface area contributed by atoms with Crippen molar-refractivity contribution in [3.05, 3.63) is 64.5 Å². The Hall–Kier alpha value is -2.51. The number of hydrogen-bond donors (Lipinski definition) is 0. The quantitative estimate of drug-likeness (QED) is 0.557. The van der Waals surface area contributed by atoms with E-state index < -0.39 is 0 Å². The topological polar surface area (TPSA) is 53.5 Å². The molecule has 30 heavy (non-hydrogen) atoms. The number of thiazole rings is 1. The van der Waals surface area contributed by atoms with Gasteiger partial charge in [0, 0.05) is 38.0 Å². The van der Waals surface area contributed by atoms with Crippen molar-refractivity contribution in [2.24, 2.45) is 0 Å². The minimum atomic E-state index is 0.0919. The maximum absolute atomic E-state index is 12.7. The molecule has 4 rings (SSSR count). The molecule has 7 heteroatoms. The second-order valence-corrected chi connectivity index (χ2v) is 9.20. The van der Waals surface area contributed by atoms with Crippen LogP contribution in [0.1, 0.15) is 24.1 Å². The molecule has 5 nitrogen and oxygen atoms in total. The molecule has 1 saturated heterocycles. The Morgan fingerprint density at radius 3 is 2.33 bits per heavy atom. The molecule has 0 N–H and O–H groups in total. The molecule has 0 bridgehead atoms. The van der Waals surface area contributed by atoms with Crippen LogP contribution in [0.5, 0.6) is 0 Å². The van der Waals surface area contributed by atoms with E-state index >= 15 is 0 Å². The maximum Gasteiger partial charge on any atom is 0.228 e. The van der Waals surface area contributed by atoms with E-state index in [4.69, 9.17) is 0 Å². The summed E-state index contributed by atoms with van der Waals surface area (Å²) in [6, 6.07) is 14.3. The number of carbonyl (C=O) groups excluding carboxylic acids is 2. The van der Waals surface area contributed by atoms with Crippen LogP contribution < -0.4 is 0 Å². The molecule has 0 radical (unpaired) electrons. The van der Waals surface area contributed by atoms with Crippen LogP contribution in [0.3, 0.4) is 0 Å². The van der Waals surface area contributed by atoms with Crippen LogP contribution in [0.15, 0.2) is 53.2 Å². The molecule has 1 aliphatic heterocycles. The van der Waals surface area contributed by atoms with E-state index in [1.54, 1.807) is 22.7 Å². The van der Waals surface area contributed by atoms with Gasteiger partial charge in [-0.05, 0) is 29.9 Å². The first-order valence-corrected chi connectivity index (χ1v) is 12.0. The van der Waals surface area contributed by atoms with Gasteiger partial charge in [0.15, 0.2) is 0 Å². The lowest BCUT2D eigenvalue weighted by molar-refractivity contribution is -0.139. The molecule has 1 fully saturated rings. The summed E-state index contributed by atoms with van der Waals surface area (Å²) < 4.78 is 0. The summed E-state index contributed by atoms with van der Waals surface area (Å²) in [5, 5.41) is 4.97. The Morgan fingerprint density at radius 1 is 0.900 bits per heavy atom. The molecule has 2 aromatic heterocycles. The number of amides is 2. The first-order chi connectivity index (χ1) is 14.7. The van der Waals surface area contributed by atoms with Crippen LogP contribution in [0.4, 0.5) is 0 Å². The Morgan fingerprint density at radius 2 is 1.63 bits per heavy atom. The predicted molar refractivity (Wildman–Crippen MR) is 122 cm³/mol. The van der Waals surface area contributed by atoms with Crippen molar-refractivity contribution in [3.8, 4) is 9.88 Å². The number of carbonyl (C=O) groups is 2. The van der Waals surface area contributed by atoms with E-state index in [1.165, 1.54) is 5.56 Å². The summed E-state index contributed by atoms with van der Waals surface area (Å²) in [6.45, 7) is 2.44. The molecule has 2 amide bonds. The monoisotopic (exact) mass is 439 g/mol. The molecule has 0 unspecified atom stereocenters. The molecular formula is C23H25N3O2S2. The molecule has 3 aromatic rings. The zero-order chi connectivity index (χ0) is 20.8. The van der Waals surface area contributed by atoms with Gasteiger partial charge in [-0.15, -0.1) is 22.7 Å². The third-order valence-electron chi connectivity index (χ3n) is 5.30. The SMILES string of the molecule is O=C(CCCc1ccccc1)N1CCN(C(=O)Cc2csc(-c3cccs3)n2)CC1. The molecule has 0 aliphatic carbocycles. The van der Waals surface area contributed by atoms with E-state index in [0.717, 1.165) is 28.4 Å². The van der Waals surface area contributed by atoms with Crippen molar-refractivity contribution in [3.63, 3.8) is 0 Å². The van der Waals surface area contributed by atoms with Gasteiger partial charge in [0.05, 0.1) is 17.0 Å². The van der Waals surface area contributed by atoms with Crippen molar-refractivity contribution < 1.29 is 9.59 Å². The Bertz CT molecular complexity index is 962. The number of aryl methyl sites for hydroxylation is 1. The smallest absolute Gasteiger partial charge is 0.228 e. The highest BCUT2D eigenvalue weighted by Crippen LogP contribution is 2.28. The minimum Gasteiger partial charge on any atom is -0.339 e. The Labute approximate surface area is 185 Å². The first-order valence-electron chi connectivity index (χ1n) is 10.3. The van der Waals surface area contributed by atoms with Crippen LogP contribution in [-0.4, -0.2) is 52.8 Å². The summed E-state index contributed by atoms with van der Waals surface area (Å²) >= 11 is 3.24. The zero-order valence-electron chi connectivity index (χ0n) is 16.8. The molecule has 1 aromatic carbocycles. The lowest BCUT2D eigenvalue weighted by atomic mass is 10.1. The molecule has 0 saturated carbocycles. The normalized spacial score (nSPS) is 14.1. The summed E-state index contributed by atoms with van der Waals surface area (Å²) in [7, 11) is 0. The fraction of sp³-hybridized carbons (Fsp3) is 0.348. The van der Waals surface area contributed by atoms with E-state index in [0.29, 0.717) is 39.0 Å². The summed E-state index contributed by atoms with van der Waals surface area (Å²) in [4.78, 5) is 34.6. The molecular weight excluding hydrogens is 414 g/mol. The van der Waals surface area contributed by atoms with Crippen LogP contribution >= 0.6 is 22.7 Å². The summed E-state index contributed by atoms with van der Waals surface area (Å²) in [5.41, 5.74) is 2.10. The average molecular weight is 440 g/mol. The van der Waals surface area contributed by atoms with Crippen LogP contribution in [0.25, 0.3) is 9.88 Å². The minimum absolute atomic E-state index is 0.0919. The van der Waals surface area contributed by atoms with Crippen LogP contribution in [0.2, 0.25) is 0 Å². The Kier molecular flexibility index (Phi) is 6.92. The average Bonchev–Trinajstić information content (AvgIpc) is 3.46. The van der Waals surface area contributed by atoms with E-state index in [9.17, 15) is 9.59 Å². The molecule has 1 aliphatic rings. The third kappa shape index (κ3) is 5.34. The zero-order valence-corrected chi connectivity index (χ0v) is 18.5. The number of thiophene rings is 1. The van der Waals surface area contributed by atoms with Gasteiger partial charge < -0.3 is 9.80 Å². The van der Waals surface area contributed by atoms with Gasteiger partial charge in [-0.3, -0.25) is 9.59 Å². The standard InChI is InChI=1S/C23H25N3O2S2/c27-21(10-4-8-18-6-2-1-3-7-18)25-11-13-26(14-12-25)22(28)16-19-17-30-23(24-19)20-9-5-15-29-20/h1-3,5-7,9,15,17H,4,8,10-14,16H2. The number of rotatable bonds is 7. The second kappa shape index (κ2) is 10.00. The second-order valence-electron chi connectivity index (χ2n) is 7.40. The predicted octanol–water partition coefficient (Wildman–Crippen LogP) is 4.11. The van der Waals surface area contributed by atoms with Gasteiger partial charge >= 0.3 is 0 Å². The van der Waals surface area contributed by atoms with Crippen molar-refractivity contribution in [2.45, 2.75) is 25.7 Å². The fourth-order valence-corrected chi connectivity index (χ4v) is 5.25. The third-order valence-corrected chi connectivity index (χ3v) is 7.23. The van der Waals surface area contributed by atoms with Crippen molar-refractivity contribution in [1.29, 1.82) is 0 Å². The largest absolute Gasteiger partial charge is 0.339 e. The van der Waals surface area contributed by atoms with E-state index in [1.807, 2.05) is 50.9 Å². The fourth-order valence-electron chi connectivity index (χ4n) is 3.62. The number of benzene rings is 1. The highest BCUT2D eigenvalue weighted by molar-refractivity contribution is 7.20. The molecule has 0 atom stereocenters. The van der Waals surface area contributed by atoms with E-state index in [-0.39, 0.29) is 11.8 Å². The van der Waals surface area contributed by atoms with Gasteiger partial charge in [-0.1, -0.05) is 36.4 Å². The maximum atomic E-state index is 12.7. The van der Waals surface area contributed by atoms with Crippen LogP contribution in [-0.2, 0) is 22.4 Å².